The molecule has 1 aliphatic rings. The third-order valence-electron chi connectivity index (χ3n) is 4.21. The van der Waals surface area contributed by atoms with Gasteiger partial charge in [0.1, 0.15) is 0 Å². The number of benzene rings is 1. The lowest BCUT2D eigenvalue weighted by molar-refractivity contribution is -0.00721. The molecule has 0 saturated carbocycles. The molecule has 1 aromatic heterocycles. The maximum absolute atomic E-state index is 10.0. The van der Waals surface area contributed by atoms with Gasteiger partial charge in [-0.3, -0.25) is 9.88 Å². The first-order chi connectivity index (χ1) is 9.55. The maximum Gasteiger partial charge on any atom is 0.0767 e. The Labute approximate surface area is 119 Å². The predicted molar refractivity (Wildman–Crippen MR) is 81.3 cm³/mol. The van der Waals surface area contributed by atoms with E-state index in [2.05, 4.69) is 16.0 Å². The second-order valence-electron chi connectivity index (χ2n) is 5.99. The lowest BCUT2D eigenvalue weighted by Gasteiger charge is -2.35. The van der Waals surface area contributed by atoms with Crippen molar-refractivity contribution in [1.82, 2.24) is 9.88 Å². The van der Waals surface area contributed by atoms with Crippen molar-refractivity contribution < 1.29 is 5.11 Å². The summed E-state index contributed by atoms with van der Waals surface area (Å²) in [5.74, 6) is 0. The normalized spacial score (nSPS) is 19.3. The van der Waals surface area contributed by atoms with Crippen LogP contribution in [0.3, 0.4) is 0 Å². The summed E-state index contributed by atoms with van der Waals surface area (Å²) in [6.07, 6.45) is 3.47. The summed E-state index contributed by atoms with van der Waals surface area (Å²) in [5, 5.41) is 11.0. The summed E-state index contributed by atoms with van der Waals surface area (Å²) in [5.41, 5.74) is 8.48. The van der Waals surface area contributed by atoms with Crippen molar-refractivity contribution in [3.63, 3.8) is 0 Å². The molecule has 0 atom stereocenters. The lowest BCUT2D eigenvalue weighted by Crippen LogP contribution is -2.41. The topological polar surface area (TPSA) is 62.4 Å². The number of rotatable bonds is 2. The Hall–Kier alpha value is -1.65. The van der Waals surface area contributed by atoms with Crippen LogP contribution in [0.2, 0.25) is 0 Å². The van der Waals surface area contributed by atoms with Gasteiger partial charge in [0.2, 0.25) is 0 Å². The molecular weight excluding hydrogens is 250 g/mol. The summed E-state index contributed by atoms with van der Waals surface area (Å²) in [7, 11) is 0. The number of hydrogen-bond donors (Lipinski definition) is 2. The Morgan fingerprint density at radius 1 is 1.30 bits per heavy atom. The zero-order chi connectivity index (χ0) is 14.2. The van der Waals surface area contributed by atoms with E-state index in [1.54, 1.807) is 0 Å². The average Bonchev–Trinajstić information content (AvgIpc) is 2.44. The Kier molecular flexibility index (Phi) is 3.36. The molecule has 0 spiro atoms. The summed E-state index contributed by atoms with van der Waals surface area (Å²) in [6.45, 7) is 4.63. The Balaban J connectivity index is 1.83. The number of nitrogens with two attached hydrogens (primary N) is 1. The highest BCUT2D eigenvalue weighted by molar-refractivity contribution is 5.92. The highest BCUT2D eigenvalue weighted by Crippen LogP contribution is 2.26. The van der Waals surface area contributed by atoms with Gasteiger partial charge < -0.3 is 10.8 Å². The molecule has 1 aliphatic heterocycles. The first-order valence-electron chi connectivity index (χ1n) is 7.12. The van der Waals surface area contributed by atoms with Gasteiger partial charge >= 0.3 is 0 Å². The van der Waals surface area contributed by atoms with E-state index in [9.17, 15) is 5.11 Å². The molecule has 0 amide bonds. The number of aromatic nitrogens is 1. The summed E-state index contributed by atoms with van der Waals surface area (Å²) in [6, 6.07) is 7.96. The van der Waals surface area contributed by atoms with Crippen LogP contribution in [0.15, 0.2) is 30.5 Å². The van der Waals surface area contributed by atoms with Crippen LogP contribution in [0.25, 0.3) is 10.9 Å². The average molecular weight is 271 g/mol. The number of anilines is 1. The van der Waals surface area contributed by atoms with Crippen molar-refractivity contribution in [3.8, 4) is 0 Å². The fourth-order valence-electron chi connectivity index (χ4n) is 2.81. The fraction of sp³-hybridized carbons (Fsp3) is 0.438. The van der Waals surface area contributed by atoms with Crippen molar-refractivity contribution in [2.24, 2.45) is 0 Å². The van der Waals surface area contributed by atoms with Crippen LogP contribution in [-0.2, 0) is 6.54 Å². The minimum Gasteiger partial charge on any atom is -0.398 e. The number of piperidine rings is 1. The molecule has 0 radical (unpaired) electrons. The molecule has 0 bridgehead atoms. The highest BCUT2D eigenvalue weighted by atomic mass is 16.3. The summed E-state index contributed by atoms with van der Waals surface area (Å²) in [4.78, 5) is 6.85. The van der Waals surface area contributed by atoms with Gasteiger partial charge in [-0.05, 0) is 43.5 Å². The van der Waals surface area contributed by atoms with Crippen LogP contribution in [-0.4, -0.2) is 33.7 Å². The lowest BCUT2D eigenvalue weighted by atomic mass is 9.93. The van der Waals surface area contributed by atoms with E-state index in [-0.39, 0.29) is 0 Å². The van der Waals surface area contributed by atoms with Gasteiger partial charge in [-0.1, -0.05) is 6.07 Å². The summed E-state index contributed by atoms with van der Waals surface area (Å²) < 4.78 is 0. The van der Waals surface area contributed by atoms with Gasteiger partial charge in [-0.2, -0.15) is 0 Å². The van der Waals surface area contributed by atoms with E-state index in [1.807, 2.05) is 31.3 Å². The molecule has 1 aromatic carbocycles. The standard InChI is InChI=1S/C16H21N3O/c1-16(20)6-9-19(10-7-16)11-12-4-5-14(17)13-3-2-8-18-15(12)13/h2-5,8,20H,6-7,9-11,17H2,1H3. The van der Waals surface area contributed by atoms with Crippen molar-refractivity contribution in [2.75, 3.05) is 18.8 Å². The number of nitrogens with zero attached hydrogens (tertiary/aromatic N) is 2. The van der Waals surface area contributed by atoms with Crippen LogP contribution in [0, 0.1) is 0 Å². The first-order valence-corrected chi connectivity index (χ1v) is 7.12. The highest BCUT2D eigenvalue weighted by Gasteiger charge is 2.27. The molecule has 1 saturated heterocycles. The Bertz CT molecular complexity index is 614. The number of hydrogen-bond acceptors (Lipinski definition) is 4. The van der Waals surface area contributed by atoms with Gasteiger partial charge in [0, 0.05) is 36.9 Å². The number of aliphatic hydroxyl groups is 1. The quantitative estimate of drug-likeness (QED) is 0.822. The van der Waals surface area contributed by atoms with Gasteiger partial charge in [0.15, 0.2) is 0 Å². The molecule has 3 rings (SSSR count). The third-order valence-corrected chi connectivity index (χ3v) is 4.21. The SMILES string of the molecule is CC1(O)CCN(Cc2ccc(N)c3cccnc23)CC1. The molecule has 0 unspecified atom stereocenters. The summed E-state index contributed by atoms with van der Waals surface area (Å²) >= 11 is 0. The van der Waals surface area contributed by atoms with Crippen molar-refractivity contribution in [1.29, 1.82) is 0 Å². The van der Waals surface area contributed by atoms with Gasteiger partial charge in [-0.25, -0.2) is 0 Å². The number of likely N-dealkylation sites (tertiary alicyclic amines) is 1. The van der Waals surface area contributed by atoms with Crippen LogP contribution in [0.1, 0.15) is 25.3 Å². The molecule has 20 heavy (non-hydrogen) atoms. The molecule has 0 aliphatic carbocycles. The minimum absolute atomic E-state index is 0.502. The van der Waals surface area contributed by atoms with Crippen LogP contribution in [0.4, 0.5) is 5.69 Å². The zero-order valence-corrected chi connectivity index (χ0v) is 11.8. The van der Waals surface area contributed by atoms with Crippen molar-refractivity contribution in [2.45, 2.75) is 31.9 Å². The Morgan fingerprint density at radius 3 is 2.80 bits per heavy atom. The number of pyridine rings is 1. The molecule has 106 valence electrons. The largest absolute Gasteiger partial charge is 0.398 e. The van der Waals surface area contributed by atoms with E-state index in [0.717, 1.165) is 49.1 Å². The smallest absolute Gasteiger partial charge is 0.0767 e. The molecule has 4 heteroatoms. The zero-order valence-electron chi connectivity index (χ0n) is 11.8. The molecular formula is C16H21N3O. The van der Waals surface area contributed by atoms with Gasteiger partial charge in [-0.15, -0.1) is 0 Å². The van der Waals surface area contributed by atoms with E-state index < -0.39 is 5.60 Å². The second kappa shape index (κ2) is 5.04. The monoisotopic (exact) mass is 271 g/mol. The van der Waals surface area contributed by atoms with Gasteiger partial charge in [0.05, 0.1) is 11.1 Å². The fourth-order valence-corrected chi connectivity index (χ4v) is 2.81. The molecule has 1 fully saturated rings. The van der Waals surface area contributed by atoms with Gasteiger partial charge in [0.25, 0.3) is 0 Å². The van der Waals surface area contributed by atoms with E-state index >= 15 is 0 Å². The molecule has 4 nitrogen and oxygen atoms in total. The van der Waals surface area contributed by atoms with Crippen LogP contribution >= 0.6 is 0 Å². The van der Waals surface area contributed by atoms with E-state index in [1.165, 1.54) is 5.56 Å². The second-order valence-corrected chi connectivity index (χ2v) is 5.99. The molecule has 2 aromatic rings. The van der Waals surface area contributed by atoms with Crippen LogP contribution < -0.4 is 5.73 Å². The minimum atomic E-state index is -0.502. The van der Waals surface area contributed by atoms with Crippen molar-refractivity contribution >= 4 is 16.6 Å². The van der Waals surface area contributed by atoms with Crippen molar-refractivity contribution in [3.05, 3.63) is 36.0 Å². The van der Waals surface area contributed by atoms with E-state index in [4.69, 9.17) is 5.73 Å². The number of fused-ring (bicyclic) bond motifs is 1. The maximum atomic E-state index is 10.0. The molecule has 3 N–H and O–H groups in total. The third kappa shape index (κ3) is 2.62. The first kappa shape index (κ1) is 13.3. The predicted octanol–water partition coefficient (Wildman–Crippen LogP) is 2.16. The van der Waals surface area contributed by atoms with E-state index in [0.29, 0.717) is 0 Å². The van der Waals surface area contributed by atoms with Crippen LogP contribution in [0.5, 0.6) is 0 Å². The number of nitrogen functional groups attached to an aromatic ring is 1. The molecule has 2 heterocycles. The Morgan fingerprint density at radius 2 is 2.05 bits per heavy atom.